The van der Waals surface area contributed by atoms with Gasteiger partial charge in [-0.05, 0) is 32.3 Å². The molecule has 2 rings (SSSR count). The molecule has 0 spiro atoms. The molecule has 0 saturated heterocycles. The van der Waals surface area contributed by atoms with Crippen molar-refractivity contribution in [1.82, 2.24) is 20.8 Å². The second-order valence-corrected chi connectivity index (χ2v) is 5.26. The van der Waals surface area contributed by atoms with Crippen molar-refractivity contribution in [3.63, 3.8) is 0 Å². The van der Waals surface area contributed by atoms with Crippen LogP contribution >= 0.6 is 0 Å². The number of carbonyl (C=O) groups excluding carboxylic acids is 1. The maximum atomic E-state index is 11.6. The van der Waals surface area contributed by atoms with Gasteiger partial charge in [0.25, 0.3) is 0 Å². The lowest BCUT2D eigenvalue weighted by Gasteiger charge is -2.07. The predicted octanol–water partition coefficient (Wildman–Crippen LogP) is 2.16. The molecule has 0 saturated carbocycles. The van der Waals surface area contributed by atoms with Gasteiger partial charge in [0.2, 0.25) is 5.89 Å². The molecule has 2 N–H and O–H groups in total. The first kappa shape index (κ1) is 16.0. The van der Waals surface area contributed by atoms with Gasteiger partial charge < -0.3 is 15.2 Å². The number of aromatic nitrogens is 2. The van der Waals surface area contributed by atoms with Crippen molar-refractivity contribution in [3.8, 4) is 0 Å². The zero-order valence-electron chi connectivity index (χ0n) is 13.1. The van der Waals surface area contributed by atoms with E-state index < -0.39 is 0 Å². The van der Waals surface area contributed by atoms with Gasteiger partial charge in [-0.3, -0.25) is 0 Å². The van der Waals surface area contributed by atoms with Crippen LogP contribution < -0.4 is 10.6 Å². The quantitative estimate of drug-likeness (QED) is 0.768. The Hall–Kier alpha value is -2.37. The molecule has 0 aliphatic rings. The Labute approximate surface area is 130 Å². The number of urea groups is 1. The lowest BCUT2D eigenvalue weighted by molar-refractivity contribution is 0.240. The van der Waals surface area contributed by atoms with Crippen LogP contribution in [0.2, 0.25) is 0 Å². The molecule has 6 heteroatoms. The molecule has 0 radical (unpaired) electrons. The average Bonchev–Trinajstić information content (AvgIpc) is 2.91. The molecule has 0 fully saturated rings. The number of rotatable bonds is 7. The summed E-state index contributed by atoms with van der Waals surface area (Å²) in [4.78, 5) is 15.7. The lowest BCUT2D eigenvalue weighted by Crippen LogP contribution is -2.37. The van der Waals surface area contributed by atoms with Crippen LogP contribution in [0.25, 0.3) is 0 Å². The highest BCUT2D eigenvalue weighted by Crippen LogP contribution is 2.03. The SMILES string of the molecule is Cc1ccc(CCNC(=O)NCCCc2nc(C)no2)cc1. The van der Waals surface area contributed by atoms with E-state index in [2.05, 4.69) is 52.0 Å². The second-order valence-electron chi connectivity index (χ2n) is 5.26. The first-order chi connectivity index (χ1) is 10.6. The zero-order valence-corrected chi connectivity index (χ0v) is 13.1. The Kier molecular flexibility index (Phi) is 5.94. The number of benzene rings is 1. The molecular weight excluding hydrogens is 280 g/mol. The summed E-state index contributed by atoms with van der Waals surface area (Å²) in [6, 6.07) is 8.18. The van der Waals surface area contributed by atoms with Gasteiger partial charge in [0.1, 0.15) is 0 Å². The zero-order chi connectivity index (χ0) is 15.8. The minimum Gasteiger partial charge on any atom is -0.339 e. The largest absolute Gasteiger partial charge is 0.339 e. The molecule has 118 valence electrons. The summed E-state index contributed by atoms with van der Waals surface area (Å²) in [6.07, 6.45) is 2.27. The minimum absolute atomic E-state index is 0.145. The second kappa shape index (κ2) is 8.17. The highest BCUT2D eigenvalue weighted by atomic mass is 16.5. The third-order valence-electron chi connectivity index (χ3n) is 3.24. The van der Waals surface area contributed by atoms with Crippen LogP contribution in [-0.4, -0.2) is 29.3 Å². The summed E-state index contributed by atoms with van der Waals surface area (Å²) in [7, 11) is 0. The van der Waals surface area contributed by atoms with E-state index >= 15 is 0 Å². The molecule has 0 atom stereocenters. The van der Waals surface area contributed by atoms with E-state index in [1.165, 1.54) is 11.1 Å². The topological polar surface area (TPSA) is 80.0 Å². The van der Waals surface area contributed by atoms with Gasteiger partial charge in [-0.15, -0.1) is 0 Å². The van der Waals surface area contributed by atoms with Gasteiger partial charge in [0.15, 0.2) is 5.82 Å². The molecule has 2 aromatic rings. The smallest absolute Gasteiger partial charge is 0.314 e. The molecule has 0 aliphatic heterocycles. The molecule has 1 aromatic carbocycles. The standard InChI is InChI=1S/C16H22N4O2/c1-12-5-7-14(8-6-12)9-11-18-16(21)17-10-3-4-15-19-13(2)20-22-15/h5-8H,3-4,9-11H2,1-2H3,(H2,17,18,21). The third-order valence-corrected chi connectivity index (χ3v) is 3.24. The van der Waals surface area contributed by atoms with E-state index in [0.717, 1.165) is 12.8 Å². The van der Waals surface area contributed by atoms with E-state index in [1.54, 1.807) is 6.92 Å². The van der Waals surface area contributed by atoms with Crippen LogP contribution in [0, 0.1) is 13.8 Å². The van der Waals surface area contributed by atoms with E-state index in [-0.39, 0.29) is 6.03 Å². The van der Waals surface area contributed by atoms with Crippen molar-refractivity contribution in [2.24, 2.45) is 0 Å². The number of nitrogens with zero attached hydrogens (tertiary/aromatic N) is 2. The number of aryl methyl sites for hydroxylation is 3. The maximum Gasteiger partial charge on any atom is 0.314 e. The molecule has 1 heterocycles. The van der Waals surface area contributed by atoms with Crippen LogP contribution in [0.4, 0.5) is 4.79 Å². The van der Waals surface area contributed by atoms with Crippen molar-refractivity contribution in [3.05, 3.63) is 47.1 Å². The van der Waals surface area contributed by atoms with Crippen LogP contribution in [0.5, 0.6) is 0 Å². The molecule has 0 unspecified atom stereocenters. The van der Waals surface area contributed by atoms with E-state index in [9.17, 15) is 4.79 Å². The Morgan fingerprint density at radius 2 is 1.82 bits per heavy atom. The fraction of sp³-hybridized carbons (Fsp3) is 0.438. The molecule has 0 aliphatic carbocycles. The van der Waals surface area contributed by atoms with Crippen LogP contribution in [0.15, 0.2) is 28.8 Å². The summed E-state index contributed by atoms with van der Waals surface area (Å²) in [6.45, 7) is 5.05. The van der Waals surface area contributed by atoms with Gasteiger partial charge in [0, 0.05) is 19.5 Å². The van der Waals surface area contributed by atoms with E-state index in [0.29, 0.717) is 31.2 Å². The molecule has 6 nitrogen and oxygen atoms in total. The van der Waals surface area contributed by atoms with Crippen molar-refractivity contribution in [2.75, 3.05) is 13.1 Å². The average molecular weight is 302 g/mol. The molecule has 2 amide bonds. The molecule has 0 bridgehead atoms. The Morgan fingerprint density at radius 3 is 2.50 bits per heavy atom. The first-order valence-electron chi connectivity index (χ1n) is 7.50. The number of amides is 2. The number of hydrogen-bond acceptors (Lipinski definition) is 4. The summed E-state index contributed by atoms with van der Waals surface area (Å²) >= 11 is 0. The van der Waals surface area contributed by atoms with Crippen LogP contribution in [0.3, 0.4) is 0 Å². The molecule has 1 aromatic heterocycles. The van der Waals surface area contributed by atoms with Crippen LogP contribution in [0.1, 0.15) is 29.3 Å². The minimum atomic E-state index is -0.145. The highest BCUT2D eigenvalue weighted by molar-refractivity contribution is 5.73. The summed E-state index contributed by atoms with van der Waals surface area (Å²) < 4.78 is 5.00. The van der Waals surface area contributed by atoms with Crippen molar-refractivity contribution >= 4 is 6.03 Å². The Balaban J connectivity index is 1.55. The predicted molar refractivity (Wildman–Crippen MR) is 83.6 cm³/mol. The van der Waals surface area contributed by atoms with Gasteiger partial charge in [-0.2, -0.15) is 4.98 Å². The normalized spacial score (nSPS) is 10.5. The Bertz CT molecular complexity index is 592. The summed E-state index contributed by atoms with van der Waals surface area (Å²) in [5.74, 6) is 1.25. The number of nitrogens with one attached hydrogen (secondary N) is 2. The van der Waals surface area contributed by atoms with E-state index in [4.69, 9.17) is 4.52 Å². The van der Waals surface area contributed by atoms with Crippen LogP contribution in [-0.2, 0) is 12.8 Å². The summed E-state index contributed by atoms with van der Waals surface area (Å²) in [5, 5.41) is 9.38. The van der Waals surface area contributed by atoms with Crippen molar-refractivity contribution in [1.29, 1.82) is 0 Å². The maximum absolute atomic E-state index is 11.6. The number of hydrogen-bond donors (Lipinski definition) is 2. The van der Waals surface area contributed by atoms with Crippen molar-refractivity contribution < 1.29 is 9.32 Å². The molecular formula is C16H22N4O2. The van der Waals surface area contributed by atoms with E-state index in [1.807, 2.05) is 0 Å². The fourth-order valence-electron chi connectivity index (χ4n) is 2.02. The lowest BCUT2D eigenvalue weighted by atomic mass is 10.1. The number of carbonyl (C=O) groups is 1. The van der Waals surface area contributed by atoms with Gasteiger partial charge in [-0.25, -0.2) is 4.79 Å². The van der Waals surface area contributed by atoms with Gasteiger partial charge >= 0.3 is 6.03 Å². The summed E-state index contributed by atoms with van der Waals surface area (Å²) in [5.41, 5.74) is 2.46. The highest BCUT2D eigenvalue weighted by Gasteiger charge is 2.03. The third kappa shape index (κ3) is 5.55. The first-order valence-corrected chi connectivity index (χ1v) is 7.50. The Morgan fingerprint density at radius 1 is 1.09 bits per heavy atom. The molecule has 22 heavy (non-hydrogen) atoms. The van der Waals surface area contributed by atoms with Gasteiger partial charge in [0.05, 0.1) is 0 Å². The van der Waals surface area contributed by atoms with Crippen molar-refractivity contribution in [2.45, 2.75) is 33.1 Å². The van der Waals surface area contributed by atoms with Gasteiger partial charge in [-0.1, -0.05) is 35.0 Å². The fourth-order valence-corrected chi connectivity index (χ4v) is 2.02. The monoisotopic (exact) mass is 302 g/mol.